The number of hydrogen-bond donors (Lipinski definition) is 0. The fourth-order valence-electron chi connectivity index (χ4n) is 5.21. The lowest BCUT2D eigenvalue weighted by atomic mass is 9.58. The second-order valence-electron chi connectivity index (χ2n) is 7.81. The van der Waals surface area contributed by atoms with Crippen molar-refractivity contribution in [1.82, 2.24) is 0 Å². The molecule has 3 aromatic carbocycles. The predicted molar refractivity (Wildman–Crippen MR) is 118 cm³/mol. The Labute approximate surface area is 167 Å². The Balaban J connectivity index is 1.86. The summed E-state index contributed by atoms with van der Waals surface area (Å²) in [6.45, 7) is 2.25. The third-order valence-corrected chi connectivity index (χ3v) is 6.40. The van der Waals surface area contributed by atoms with E-state index in [0.717, 1.165) is 0 Å². The van der Waals surface area contributed by atoms with Gasteiger partial charge in [0, 0.05) is 17.3 Å². The molecule has 0 saturated heterocycles. The molecule has 0 fully saturated rings. The number of fused-ring (bicyclic) bond motifs is 1. The van der Waals surface area contributed by atoms with E-state index in [1.165, 1.54) is 27.8 Å². The standard InChI is InChI=1S/C28H24/c1-21-20-27(26-19-11-10-18-25(21)26)28(24-16-8-9-17-24,22-12-4-2-5-13-22)23-14-6-3-7-15-23/h2-20,24,27H,1H3. The number of rotatable bonds is 4. The third-order valence-electron chi connectivity index (χ3n) is 6.40. The lowest BCUT2D eigenvalue weighted by Crippen LogP contribution is -2.39. The molecule has 5 rings (SSSR count). The Bertz CT molecular complexity index is 1020. The largest absolute Gasteiger partial charge is 0.0764 e. The minimum atomic E-state index is -0.181. The molecule has 0 N–H and O–H groups in total. The summed E-state index contributed by atoms with van der Waals surface area (Å²) in [5, 5.41) is 0. The molecular formula is C28H24. The van der Waals surface area contributed by atoms with Crippen molar-refractivity contribution >= 4 is 5.57 Å². The predicted octanol–water partition coefficient (Wildman–Crippen LogP) is 6.92. The molecular weight excluding hydrogens is 336 g/mol. The minimum absolute atomic E-state index is 0.181. The van der Waals surface area contributed by atoms with Crippen LogP contribution in [-0.4, -0.2) is 0 Å². The normalized spacial score (nSPS) is 18.3. The first kappa shape index (κ1) is 17.0. The Hall–Kier alpha value is -3.12. The van der Waals surface area contributed by atoms with E-state index in [-0.39, 0.29) is 11.3 Å². The number of allylic oxidation sites excluding steroid dienone is 6. The van der Waals surface area contributed by atoms with Crippen LogP contribution in [0.5, 0.6) is 0 Å². The van der Waals surface area contributed by atoms with E-state index in [4.69, 9.17) is 0 Å². The van der Waals surface area contributed by atoms with Crippen molar-refractivity contribution in [2.24, 2.45) is 5.92 Å². The van der Waals surface area contributed by atoms with E-state index in [1.54, 1.807) is 0 Å². The Morgan fingerprint density at radius 3 is 1.79 bits per heavy atom. The van der Waals surface area contributed by atoms with E-state index >= 15 is 0 Å². The van der Waals surface area contributed by atoms with Gasteiger partial charge in [0.05, 0.1) is 0 Å². The van der Waals surface area contributed by atoms with E-state index < -0.39 is 0 Å². The Morgan fingerprint density at radius 1 is 0.643 bits per heavy atom. The molecule has 1 atom stereocenters. The summed E-state index contributed by atoms with van der Waals surface area (Å²) < 4.78 is 0. The maximum Gasteiger partial charge on any atom is 0.0403 e. The molecule has 1 unspecified atom stereocenters. The quantitative estimate of drug-likeness (QED) is 0.474. The van der Waals surface area contributed by atoms with Gasteiger partial charge in [0.2, 0.25) is 0 Å². The average molecular weight is 361 g/mol. The van der Waals surface area contributed by atoms with Gasteiger partial charge in [-0.2, -0.15) is 0 Å². The third kappa shape index (κ3) is 2.45. The fourth-order valence-corrected chi connectivity index (χ4v) is 5.21. The Kier molecular flexibility index (Phi) is 4.13. The smallest absolute Gasteiger partial charge is 0.0403 e. The number of benzene rings is 3. The van der Waals surface area contributed by atoms with E-state index in [9.17, 15) is 0 Å². The molecule has 0 aromatic heterocycles. The minimum Gasteiger partial charge on any atom is -0.0764 e. The zero-order valence-electron chi connectivity index (χ0n) is 16.1. The lowest BCUT2D eigenvalue weighted by molar-refractivity contribution is 0.401. The molecule has 0 amide bonds. The molecule has 0 bridgehead atoms. The van der Waals surface area contributed by atoms with E-state index in [2.05, 4.69) is 122 Å². The van der Waals surface area contributed by atoms with Crippen molar-refractivity contribution in [3.8, 4) is 0 Å². The molecule has 28 heavy (non-hydrogen) atoms. The van der Waals surface area contributed by atoms with Crippen LogP contribution in [-0.2, 0) is 5.41 Å². The maximum atomic E-state index is 2.49. The van der Waals surface area contributed by atoms with Gasteiger partial charge < -0.3 is 0 Å². The monoisotopic (exact) mass is 360 g/mol. The van der Waals surface area contributed by atoms with Crippen LogP contribution in [0.2, 0.25) is 0 Å². The van der Waals surface area contributed by atoms with Crippen LogP contribution in [0.15, 0.2) is 115 Å². The SMILES string of the molecule is CC1=CC(C(c2ccccc2)(c2ccccc2)C2C=CC=C2)c2ccccc21. The van der Waals surface area contributed by atoms with E-state index in [0.29, 0.717) is 5.92 Å². The summed E-state index contributed by atoms with van der Waals surface area (Å²) in [4.78, 5) is 0. The van der Waals surface area contributed by atoms with Gasteiger partial charge in [-0.15, -0.1) is 0 Å². The zero-order chi connectivity index (χ0) is 19.0. The summed E-state index contributed by atoms with van der Waals surface area (Å²) >= 11 is 0. The van der Waals surface area contributed by atoms with Crippen LogP contribution in [0.25, 0.3) is 5.57 Å². The summed E-state index contributed by atoms with van der Waals surface area (Å²) in [6, 6.07) is 31.0. The molecule has 0 radical (unpaired) electrons. The fraction of sp³-hybridized carbons (Fsp3) is 0.143. The van der Waals surface area contributed by atoms with Gasteiger partial charge >= 0.3 is 0 Å². The van der Waals surface area contributed by atoms with Crippen LogP contribution < -0.4 is 0 Å². The second kappa shape index (κ2) is 6.80. The van der Waals surface area contributed by atoms with Gasteiger partial charge in [0.1, 0.15) is 0 Å². The van der Waals surface area contributed by atoms with Crippen molar-refractivity contribution in [2.75, 3.05) is 0 Å². The summed E-state index contributed by atoms with van der Waals surface area (Å²) in [5.74, 6) is 0.586. The van der Waals surface area contributed by atoms with E-state index in [1.807, 2.05) is 0 Å². The molecule has 2 aliphatic carbocycles. The molecule has 0 heteroatoms. The van der Waals surface area contributed by atoms with Crippen LogP contribution in [0.3, 0.4) is 0 Å². The lowest BCUT2D eigenvalue weighted by Gasteiger charge is -2.44. The Morgan fingerprint density at radius 2 is 1.18 bits per heavy atom. The first-order valence-corrected chi connectivity index (χ1v) is 10.1. The van der Waals surface area contributed by atoms with Crippen molar-refractivity contribution < 1.29 is 0 Å². The van der Waals surface area contributed by atoms with Gasteiger partial charge in [-0.3, -0.25) is 0 Å². The molecule has 0 heterocycles. The van der Waals surface area contributed by atoms with Gasteiger partial charge in [0.15, 0.2) is 0 Å². The molecule has 0 spiro atoms. The first-order valence-electron chi connectivity index (χ1n) is 10.1. The van der Waals surface area contributed by atoms with Crippen molar-refractivity contribution in [3.63, 3.8) is 0 Å². The summed E-state index contributed by atoms with van der Waals surface area (Å²) in [7, 11) is 0. The van der Waals surface area contributed by atoms with Crippen LogP contribution in [0, 0.1) is 5.92 Å². The summed E-state index contributed by atoms with van der Waals surface area (Å²) in [5.41, 5.74) is 6.75. The van der Waals surface area contributed by atoms with Gasteiger partial charge in [-0.1, -0.05) is 115 Å². The molecule has 0 aliphatic heterocycles. The highest BCUT2D eigenvalue weighted by Gasteiger charge is 2.48. The second-order valence-corrected chi connectivity index (χ2v) is 7.81. The highest BCUT2D eigenvalue weighted by molar-refractivity contribution is 5.75. The molecule has 3 aromatic rings. The molecule has 136 valence electrons. The van der Waals surface area contributed by atoms with Crippen LogP contribution >= 0.6 is 0 Å². The molecule has 2 aliphatic rings. The molecule has 0 saturated carbocycles. The van der Waals surface area contributed by atoms with Gasteiger partial charge in [-0.05, 0) is 34.8 Å². The first-order chi connectivity index (χ1) is 13.8. The highest BCUT2D eigenvalue weighted by Crippen LogP contribution is 2.56. The van der Waals surface area contributed by atoms with Crippen molar-refractivity contribution in [2.45, 2.75) is 18.3 Å². The van der Waals surface area contributed by atoms with Crippen molar-refractivity contribution in [1.29, 1.82) is 0 Å². The maximum absolute atomic E-state index is 2.49. The number of hydrogen-bond acceptors (Lipinski definition) is 0. The van der Waals surface area contributed by atoms with Crippen LogP contribution in [0.4, 0.5) is 0 Å². The highest BCUT2D eigenvalue weighted by atomic mass is 14.5. The van der Waals surface area contributed by atoms with Gasteiger partial charge in [-0.25, -0.2) is 0 Å². The molecule has 0 nitrogen and oxygen atoms in total. The van der Waals surface area contributed by atoms with Gasteiger partial charge in [0.25, 0.3) is 0 Å². The topological polar surface area (TPSA) is 0 Å². The summed E-state index contributed by atoms with van der Waals surface area (Å²) in [6.07, 6.45) is 11.6. The average Bonchev–Trinajstić information content (AvgIpc) is 3.41. The van der Waals surface area contributed by atoms with Crippen LogP contribution in [0.1, 0.15) is 35.1 Å². The zero-order valence-corrected chi connectivity index (χ0v) is 16.1. The van der Waals surface area contributed by atoms with Crippen molar-refractivity contribution in [3.05, 3.63) is 138 Å².